The van der Waals surface area contributed by atoms with Crippen LogP contribution in [0.5, 0.6) is 0 Å². The van der Waals surface area contributed by atoms with Crippen molar-refractivity contribution in [2.75, 3.05) is 6.54 Å². The summed E-state index contributed by atoms with van der Waals surface area (Å²) >= 11 is 0. The molecule has 31 heavy (non-hydrogen) atoms. The van der Waals surface area contributed by atoms with Gasteiger partial charge < -0.3 is 10.6 Å². The SMILES string of the molecule is CC1CCC2(CC1)NC(=O)N(NC(=O)CCNC(=O)C13CC4CC(CC(C4)C1)C3)C2=O. The first kappa shape index (κ1) is 20.8. The van der Waals surface area contributed by atoms with E-state index in [-0.39, 0.29) is 30.2 Å². The van der Waals surface area contributed by atoms with Gasteiger partial charge in [0.1, 0.15) is 5.54 Å². The molecule has 1 spiro atoms. The van der Waals surface area contributed by atoms with Crippen molar-refractivity contribution in [3.63, 3.8) is 0 Å². The molecule has 5 aliphatic carbocycles. The molecule has 8 heteroatoms. The molecule has 0 aromatic heterocycles. The lowest BCUT2D eigenvalue weighted by Crippen LogP contribution is -2.54. The highest BCUT2D eigenvalue weighted by molar-refractivity contribution is 6.08. The number of carbonyl (C=O) groups is 4. The first-order valence-corrected chi connectivity index (χ1v) is 12.0. The maximum Gasteiger partial charge on any atom is 0.344 e. The number of nitrogens with zero attached hydrogens (tertiary/aromatic N) is 1. The molecule has 0 aromatic rings. The predicted molar refractivity (Wildman–Crippen MR) is 112 cm³/mol. The molecule has 1 saturated heterocycles. The van der Waals surface area contributed by atoms with Crippen LogP contribution in [0.3, 0.4) is 0 Å². The van der Waals surface area contributed by atoms with Crippen LogP contribution in [0.2, 0.25) is 0 Å². The Hall–Kier alpha value is -2.12. The van der Waals surface area contributed by atoms with Crippen LogP contribution >= 0.6 is 0 Å². The molecule has 4 bridgehead atoms. The predicted octanol–water partition coefficient (Wildman–Crippen LogP) is 2.24. The summed E-state index contributed by atoms with van der Waals surface area (Å²) < 4.78 is 0. The molecular formula is C23H34N4O4. The van der Waals surface area contributed by atoms with Crippen LogP contribution in [0.4, 0.5) is 4.79 Å². The van der Waals surface area contributed by atoms with E-state index in [0.717, 1.165) is 37.1 Å². The summed E-state index contributed by atoms with van der Waals surface area (Å²) in [6.45, 7) is 2.37. The minimum atomic E-state index is -0.871. The van der Waals surface area contributed by atoms with E-state index in [9.17, 15) is 19.2 Å². The number of imide groups is 1. The van der Waals surface area contributed by atoms with Crippen molar-refractivity contribution in [1.29, 1.82) is 0 Å². The number of hydrazine groups is 1. The molecule has 0 radical (unpaired) electrons. The van der Waals surface area contributed by atoms with Gasteiger partial charge in [-0.1, -0.05) is 6.92 Å². The van der Waals surface area contributed by atoms with Crippen molar-refractivity contribution < 1.29 is 19.2 Å². The van der Waals surface area contributed by atoms with Gasteiger partial charge in [0.25, 0.3) is 5.91 Å². The quantitative estimate of drug-likeness (QED) is 0.581. The Morgan fingerprint density at radius 3 is 2.19 bits per heavy atom. The first-order chi connectivity index (χ1) is 14.8. The molecule has 1 aliphatic heterocycles. The maximum atomic E-state index is 13.0. The summed E-state index contributed by atoms with van der Waals surface area (Å²) in [4.78, 5) is 50.6. The third kappa shape index (κ3) is 3.61. The molecule has 3 N–H and O–H groups in total. The summed E-state index contributed by atoms with van der Waals surface area (Å²) in [5.41, 5.74) is 1.34. The van der Waals surface area contributed by atoms with E-state index in [4.69, 9.17) is 0 Å². The van der Waals surface area contributed by atoms with E-state index in [1.165, 1.54) is 19.3 Å². The molecule has 0 aromatic carbocycles. The topological polar surface area (TPSA) is 108 Å². The summed E-state index contributed by atoms with van der Waals surface area (Å²) in [5.74, 6) is 1.90. The van der Waals surface area contributed by atoms with Crippen molar-refractivity contribution in [2.45, 2.75) is 83.1 Å². The van der Waals surface area contributed by atoms with E-state index in [1.807, 2.05) is 0 Å². The number of carbonyl (C=O) groups excluding carboxylic acids is 4. The summed E-state index contributed by atoms with van der Waals surface area (Å²) in [7, 11) is 0. The minimum Gasteiger partial charge on any atom is -0.355 e. The van der Waals surface area contributed by atoms with Gasteiger partial charge in [0.2, 0.25) is 11.8 Å². The summed E-state index contributed by atoms with van der Waals surface area (Å²) in [6, 6.07) is -0.564. The van der Waals surface area contributed by atoms with Crippen molar-refractivity contribution in [3.8, 4) is 0 Å². The Bertz CT molecular complexity index is 766. The number of hydrogen-bond donors (Lipinski definition) is 3. The standard InChI is InChI=1S/C23H34N4O4/c1-14-2-5-23(6-3-14)20(30)27(21(31)25-23)26-18(28)4-7-24-19(29)22-11-15-8-16(12-22)10-17(9-15)13-22/h14-17H,2-13H2,1H3,(H,24,29)(H,25,31)(H,26,28). The van der Waals surface area contributed by atoms with Gasteiger partial charge in [0, 0.05) is 18.4 Å². The first-order valence-electron chi connectivity index (χ1n) is 12.0. The van der Waals surface area contributed by atoms with Crippen LogP contribution in [0.25, 0.3) is 0 Å². The van der Waals surface area contributed by atoms with E-state index >= 15 is 0 Å². The fraction of sp³-hybridized carbons (Fsp3) is 0.826. The minimum absolute atomic E-state index is 0.0409. The summed E-state index contributed by atoms with van der Waals surface area (Å²) in [6.07, 6.45) is 9.80. The van der Waals surface area contributed by atoms with Crippen LogP contribution < -0.4 is 16.1 Å². The van der Waals surface area contributed by atoms with Crippen LogP contribution in [0.1, 0.15) is 77.6 Å². The van der Waals surface area contributed by atoms with Crippen LogP contribution in [-0.4, -0.2) is 40.8 Å². The number of hydrogen-bond acceptors (Lipinski definition) is 4. The zero-order valence-electron chi connectivity index (χ0n) is 18.4. The monoisotopic (exact) mass is 430 g/mol. The van der Waals surface area contributed by atoms with Crippen molar-refractivity contribution in [1.82, 2.24) is 21.1 Å². The second-order valence-electron chi connectivity index (χ2n) is 11.1. The van der Waals surface area contributed by atoms with Gasteiger partial charge in [-0.2, -0.15) is 5.01 Å². The number of nitrogens with one attached hydrogen (secondary N) is 3. The number of urea groups is 1. The Labute approximate surface area is 183 Å². The Balaban J connectivity index is 1.11. The molecule has 1 heterocycles. The second-order valence-corrected chi connectivity index (χ2v) is 11.1. The van der Waals surface area contributed by atoms with Gasteiger partial charge in [-0.15, -0.1) is 0 Å². The molecule has 0 atom stereocenters. The van der Waals surface area contributed by atoms with Crippen LogP contribution in [0, 0.1) is 29.1 Å². The van der Waals surface area contributed by atoms with Gasteiger partial charge in [-0.3, -0.25) is 19.8 Å². The lowest BCUT2D eigenvalue weighted by atomic mass is 9.49. The zero-order valence-corrected chi connectivity index (χ0v) is 18.4. The molecule has 5 amide bonds. The van der Waals surface area contributed by atoms with Gasteiger partial charge in [0.05, 0.1) is 0 Å². The Morgan fingerprint density at radius 1 is 1.03 bits per heavy atom. The average Bonchev–Trinajstić information content (AvgIpc) is 2.93. The second kappa shape index (κ2) is 7.48. The largest absolute Gasteiger partial charge is 0.355 e. The number of rotatable bonds is 5. The highest BCUT2D eigenvalue weighted by Crippen LogP contribution is 2.60. The van der Waals surface area contributed by atoms with Crippen LogP contribution in [0.15, 0.2) is 0 Å². The van der Waals surface area contributed by atoms with Crippen LogP contribution in [-0.2, 0) is 14.4 Å². The molecule has 6 rings (SSSR count). The van der Waals surface area contributed by atoms with Gasteiger partial charge in [-0.05, 0) is 87.9 Å². The van der Waals surface area contributed by atoms with E-state index in [1.54, 1.807) is 0 Å². The molecule has 8 nitrogen and oxygen atoms in total. The van der Waals surface area contributed by atoms with E-state index in [2.05, 4.69) is 23.0 Å². The van der Waals surface area contributed by atoms with Crippen molar-refractivity contribution in [3.05, 3.63) is 0 Å². The fourth-order valence-electron chi connectivity index (χ4n) is 7.36. The maximum absolute atomic E-state index is 13.0. The normalized spacial score (nSPS) is 40.9. The Kier molecular flexibility index (Phi) is 5.01. The third-order valence-corrected chi connectivity index (χ3v) is 8.68. The van der Waals surface area contributed by atoms with Gasteiger partial charge in [-0.25, -0.2) is 4.79 Å². The zero-order chi connectivity index (χ0) is 21.8. The molecule has 6 aliphatic rings. The fourth-order valence-corrected chi connectivity index (χ4v) is 7.36. The number of amides is 5. The highest BCUT2D eigenvalue weighted by Gasteiger charge is 2.55. The summed E-state index contributed by atoms with van der Waals surface area (Å²) in [5, 5.41) is 6.61. The Morgan fingerprint density at radius 2 is 1.61 bits per heavy atom. The van der Waals surface area contributed by atoms with Crippen molar-refractivity contribution in [2.24, 2.45) is 29.1 Å². The van der Waals surface area contributed by atoms with Crippen molar-refractivity contribution >= 4 is 23.8 Å². The molecular weight excluding hydrogens is 396 g/mol. The van der Waals surface area contributed by atoms with Gasteiger partial charge in [0.15, 0.2) is 0 Å². The molecule has 170 valence electrons. The smallest absolute Gasteiger partial charge is 0.344 e. The third-order valence-electron chi connectivity index (χ3n) is 8.68. The lowest BCUT2D eigenvalue weighted by Gasteiger charge is -2.55. The molecule has 0 unspecified atom stereocenters. The van der Waals surface area contributed by atoms with E-state index in [0.29, 0.717) is 36.5 Å². The molecule has 5 saturated carbocycles. The molecule has 6 fully saturated rings. The van der Waals surface area contributed by atoms with Gasteiger partial charge >= 0.3 is 6.03 Å². The highest BCUT2D eigenvalue weighted by atomic mass is 16.2. The van der Waals surface area contributed by atoms with E-state index < -0.39 is 17.5 Å². The lowest BCUT2D eigenvalue weighted by molar-refractivity contribution is -0.146. The average molecular weight is 431 g/mol.